The fourth-order valence-electron chi connectivity index (χ4n) is 5.83. The summed E-state index contributed by atoms with van der Waals surface area (Å²) in [6.45, 7) is 12.2. The van der Waals surface area contributed by atoms with Gasteiger partial charge in [-0.25, -0.2) is 19.2 Å². The minimum atomic E-state index is -1.38. The quantitative estimate of drug-likeness (QED) is 0.0766. The number of nitrogens with one attached hydrogen (secondary N) is 2. The molecule has 2 aromatic heterocycles. The van der Waals surface area contributed by atoms with Crippen molar-refractivity contribution in [2.24, 2.45) is 0 Å². The van der Waals surface area contributed by atoms with Crippen molar-refractivity contribution in [1.29, 1.82) is 0 Å². The topological polar surface area (TPSA) is 166 Å². The van der Waals surface area contributed by atoms with Gasteiger partial charge in [0.25, 0.3) is 0 Å². The zero-order chi connectivity index (χ0) is 40.6. The Morgan fingerprint density at radius 3 is 1.39 bits per heavy atom. The molecule has 12 nitrogen and oxygen atoms in total. The molecule has 0 aliphatic rings. The number of hydrogen-bond donors (Lipinski definition) is 3. The normalized spacial score (nSPS) is 11.3. The van der Waals surface area contributed by atoms with Gasteiger partial charge >= 0.3 is 23.9 Å². The Morgan fingerprint density at radius 1 is 0.589 bits per heavy atom. The zero-order valence-corrected chi connectivity index (χ0v) is 32.5. The zero-order valence-electron chi connectivity index (χ0n) is 32.5. The number of H-pyrrole nitrogens is 2. The maximum absolute atomic E-state index is 12.7. The van der Waals surface area contributed by atoms with E-state index < -0.39 is 35.1 Å². The van der Waals surface area contributed by atoms with Crippen LogP contribution in [-0.2, 0) is 37.0 Å². The second-order valence-corrected chi connectivity index (χ2v) is 14.0. The Labute approximate surface area is 324 Å². The summed E-state index contributed by atoms with van der Waals surface area (Å²) < 4.78 is 27.4. The van der Waals surface area contributed by atoms with Crippen LogP contribution in [0.2, 0.25) is 0 Å². The number of esters is 3. The Bertz CT molecular complexity index is 2340. The van der Waals surface area contributed by atoms with Crippen molar-refractivity contribution >= 4 is 45.7 Å². The van der Waals surface area contributed by atoms with Gasteiger partial charge in [-0.05, 0) is 96.0 Å². The van der Waals surface area contributed by atoms with Crippen molar-refractivity contribution in [1.82, 2.24) is 9.97 Å². The number of carbonyl (C=O) groups is 4. The second kappa shape index (κ2) is 17.3. The molecule has 6 rings (SSSR count). The van der Waals surface area contributed by atoms with E-state index in [1.165, 1.54) is 13.8 Å². The van der Waals surface area contributed by atoms with Gasteiger partial charge in [0, 0.05) is 33.2 Å². The van der Waals surface area contributed by atoms with Crippen LogP contribution in [0.15, 0.2) is 97.1 Å². The van der Waals surface area contributed by atoms with Crippen molar-refractivity contribution in [3.05, 3.63) is 131 Å². The standard InChI is InChI=1S/C23H25NO5.C21H21NO5/c1-5-27-22(26)23(3,4)29-17-11-12-19-18(13-17)20(15(2)24-19)21(25)28-14-16-9-7-6-8-10-16;1-13-18(19(23)26-12-14-7-5-4-6-8-14)16-11-15(9-10-17(16)22-13)27-21(2,3)20(24)25/h6-13,24H,5,14H2,1-4H3;4-11,22H,12H2,1-3H3,(H,24,25). The van der Waals surface area contributed by atoms with Crippen LogP contribution in [-0.4, -0.2) is 56.8 Å². The number of benzene rings is 4. The summed E-state index contributed by atoms with van der Waals surface area (Å²) in [5.41, 5.74) is 3.08. The van der Waals surface area contributed by atoms with Crippen molar-refractivity contribution in [3.63, 3.8) is 0 Å². The first-order chi connectivity index (χ1) is 26.6. The van der Waals surface area contributed by atoms with Crippen LogP contribution in [0.3, 0.4) is 0 Å². The highest BCUT2D eigenvalue weighted by Gasteiger charge is 2.32. The van der Waals surface area contributed by atoms with Crippen LogP contribution in [0, 0.1) is 13.8 Å². The number of carboxylic acid groups (broad SMARTS) is 1. The number of aromatic nitrogens is 2. The first-order valence-corrected chi connectivity index (χ1v) is 18.0. The summed E-state index contributed by atoms with van der Waals surface area (Å²) in [7, 11) is 0. The van der Waals surface area contributed by atoms with E-state index in [-0.39, 0.29) is 19.8 Å². The molecule has 56 heavy (non-hydrogen) atoms. The van der Waals surface area contributed by atoms with E-state index in [1.54, 1.807) is 58.0 Å². The molecule has 0 fully saturated rings. The van der Waals surface area contributed by atoms with Gasteiger partial charge in [0.2, 0.25) is 0 Å². The lowest BCUT2D eigenvalue weighted by Gasteiger charge is -2.24. The molecule has 0 spiro atoms. The molecule has 0 saturated heterocycles. The Hall–Kier alpha value is -6.56. The third kappa shape index (κ3) is 9.75. The largest absolute Gasteiger partial charge is 0.478 e. The lowest BCUT2D eigenvalue weighted by molar-refractivity contribution is -0.158. The summed E-state index contributed by atoms with van der Waals surface area (Å²) in [4.78, 5) is 55.1. The number of carbonyl (C=O) groups excluding carboxylic acids is 3. The van der Waals surface area contributed by atoms with Crippen LogP contribution >= 0.6 is 0 Å². The number of aliphatic carboxylic acids is 1. The number of carboxylic acids is 1. The Morgan fingerprint density at radius 2 is 1.00 bits per heavy atom. The minimum absolute atomic E-state index is 0.175. The van der Waals surface area contributed by atoms with Gasteiger partial charge in [0.15, 0.2) is 11.2 Å². The first-order valence-electron chi connectivity index (χ1n) is 18.0. The van der Waals surface area contributed by atoms with Crippen molar-refractivity contribution in [3.8, 4) is 11.5 Å². The number of ether oxygens (including phenoxy) is 5. The number of fused-ring (bicyclic) bond motifs is 2. The molecule has 0 unspecified atom stereocenters. The summed E-state index contributed by atoms with van der Waals surface area (Å²) in [6, 6.07) is 29.3. The van der Waals surface area contributed by atoms with E-state index >= 15 is 0 Å². The van der Waals surface area contributed by atoms with Crippen LogP contribution in [0.5, 0.6) is 11.5 Å². The number of aromatic amines is 2. The van der Waals surface area contributed by atoms with E-state index in [4.69, 9.17) is 23.7 Å². The van der Waals surface area contributed by atoms with Gasteiger partial charge in [-0.1, -0.05) is 60.7 Å². The lowest BCUT2D eigenvalue weighted by Crippen LogP contribution is -2.39. The molecule has 6 aromatic rings. The first kappa shape index (κ1) is 40.6. The van der Waals surface area contributed by atoms with Crippen LogP contribution in [0.25, 0.3) is 21.8 Å². The number of aryl methyl sites for hydroxylation is 2. The molecule has 12 heteroatoms. The summed E-state index contributed by atoms with van der Waals surface area (Å²) in [6.07, 6.45) is 0. The van der Waals surface area contributed by atoms with Crippen molar-refractivity contribution in [2.75, 3.05) is 6.61 Å². The third-order valence-electron chi connectivity index (χ3n) is 8.78. The minimum Gasteiger partial charge on any atom is -0.478 e. The molecule has 0 aliphatic carbocycles. The van der Waals surface area contributed by atoms with E-state index in [0.717, 1.165) is 22.2 Å². The number of rotatable bonds is 13. The summed E-state index contributed by atoms with van der Waals surface area (Å²) in [5.74, 6) is -1.56. The van der Waals surface area contributed by atoms with Crippen LogP contribution in [0.1, 0.15) is 77.8 Å². The molecular formula is C44H46N2O10. The molecule has 0 atom stereocenters. The highest BCUT2D eigenvalue weighted by atomic mass is 16.6. The van der Waals surface area contributed by atoms with Gasteiger partial charge in [0.1, 0.15) is 24.7 Å². The average molecular weight is 763 g/mol. The molecular weight excluding hydrogens is 716 g/mol. The van der Waals surface area contributed by atoms with Gasteiger partial charge in [-0.2, -0.15) is 0 Å². The number of hydrogen-bond acceptors (Lipinski definition) is 9. The molecule has 0 radical (unpaired) electrons. The molecule has 2 heterocycles. The highest BCUT2D eigenvalue weighted by Crippen LogP contribution is 2.31. The monoisotopic (exact) mass is 762 g/mol. The van der Waals surface area contributed by atoms with E-state index in [0.29, 0.717) is 44.8 Å². The summed E-state index contributed by atoms with van der Waals surface area (Å²) in [5, 5.41) is 10.5. The highest BCUT2D eigenvalue weighted by molar-refractivity contribution is 6.06. The fraction of sp³-hybridized carbons (Fsp3) is 0.273. The van der Waals surface area contributed by atoms with Crippen LogP contribution in [0.4, 0.5) is 0 Å². The van der Waals surface area contributed by atoms with Crippen molar-refractivity contribution < 1.29 is 48.0 Å². The predicted octanol–water partition coefficient (Wildman–Crippen LogP) is 8.63. The van der Waals surface area contributed by atoms with E-state index in [1.807, 2.05) is 73.7 Å². The van der Waals surface area contributed by atoms with Crippen molar-refractivity contribution in [2.45, 2.75) is 72.9 Å². The average Bonchev–Trinajstić information content (AvgIpc) is 3.67. The van der Waals surface area contributed by atoms with Gasteiger partial charge < -0.3 is 38.8 Å². The molecule has 4 aromatic carbocycles. The SMILES string of the molecule is CCOC(=O)C(C)(C)Oc1ccc2[nH]c(C)c(C(=O)OCc3ccccc3)c2c1.Cc1[nH]c2ccc(OC(C)(C)C(=O)O)cc2c1C(=O)OCc1ccccc1. The van der Waals surface area contributed by atoms with Gasteiger partial charge in [0.05, 0.1) is 17.7 Å². The van der Waals surface area contributed by atoms with E-state index in [2.05, 4.69) is 9.97 Å². The summed E-state index contributed by atoms with van der Waals surface area (Å²) >= 11 is 0. The second-order valence-electron chi connectivity index (χ2n) is 14.0. The third-order valence-corrected chi connectivity index (χ3v) is 8.78. The van der Waals surface area contributed by atoms with Gasteiger partial charge in [-0.15, -0.1) is 0 Å². The molecule has 292 valence electrons. The lowest BCUT2D eigenvalue weighted by atomic mass is 10.1. The molecule has 0 saturated carbocycles. The Balaban J connectivity index is 0.000000215. The maximum atomic E-state index is 12.7. The van der Waals surface area contributed by atoms with Gasteiger partial charge in [-0.3, -0.25) is 0 Å². The predicted molar refractivity (Wildman–Crippen MR) is 211 cm³/mol. The smallest absolute Gasteiger partial charge is 0.349 e. The molecule has 0 aliphatic heterocycles. The maximum Gasteiger partial charge on any atom is 0.349 e. The van der Waals surface area contributed by atoms with E-state index in [9.17, 15) is 24.3 Å². The molecule has 0 amide bonds. The fourth-order valence-corrected chi connectivity index (χ4v) is 5.83. The molecule has 0 bridgehead atoms. The van der Waals surface area contributed by atoms with Crippen LogP contribution < -0.4 is 9.47 Å². The Kier molecular flexibility index (Phi) is 12.5. The molecule has 3 N–H and O–H groups in total.